The second kappa shape index (κ2) is 4.10. The van der Waals surface area contributed by atoms with Crippen LogP contribution >= 0.6 is 11.3 Å². The Morgan fingerprint density at radius 1 is 1.60 bits per heavy atom. The number of primary amides is 1. The monoisotopic (exact) mass is 219 g/mol. The Bertz CT molecular complexity index is 485. The maximum atomic E-state index is 10.6. The average molecular weight is 219 g/mol. The largest absolute Gasteiger partial charge is 0.366 e. The molecule has 0 aliphatic rings. The van der Waals surface area contributed by atoms with Gasteiger partial charge in [0.25, 0.3) is 0 Å². The lowest BCUT2D eigenvalue weighted by atomic mass is 10.2. The molecule has 2 aromatic rings. The number of aromatic nitrogens is 2. The molecule has 0 saturated carbocycles. The fourth-order valence-corrected chi connectivity index (χ4v) is 1.95. The number of amides is 1. The number of rotatable bonds is 3. The van der Waals surface area contributed by atoms with Crippen molar-refractivity contribution in [3.8, 4) is 10.6 Å². The van der Waals surface area contributed by atoms with Gasteiger partial charge in [-0.1, -0.05) is 6.07 Å². The molecule has 0 saturated heterocycles. The Morgan fingerprint density at radius 2 is 2.47 bits per heavy atom. The molecule has 0 spiro atoms. The van der Waals surface area contributed by atoms with E-state index in [9.17, 15) is 4.79 Å². The van der Waals surface area contributed by atoms with Crippen LogP contribution < -0.4 is 5.73 Å². The molecule has 0 aliphatic heterocycles. The minimum atomic E-state index is -0.465. The maximum absolute atomic E-state index is 10.6. The first kappa shape index (κ1) is 9.67. The van der Waals surface area contributed by atoms with Gasteiger partial charge in [0.15, 0.2) is 0 Å². The van der Waals surface area contributed by atoms with Gasteiger partial charge in [-0.25, -0.2) is 0 Å². The predicted molar refractivity (Wildman–Crippen MR) is 60.1 cm³/mol. The quantitative estimate of drug-likeness (QED) is 0.770. The molecule has 0 aliphatic carbocycles. The molecule has 0 fully saturated rings. The van der Waals surface area contributed by atoms with E-state index in [2.05, 4.69) is 10.2 Å². The highest BCUT2D eigenvalue weighted by Gasteiger charge is 2.05. The number of aromatic amines is 1. The molecule has 0 unspecified atom stereocenters. The number of nitrogens with zero attached hydrogens (tertiary/aromatic N) is 1. The molecule has 2 rings (SSSR count). The first-order chi connectivity index (χ1) is 7.27. The van der Waals surface area contributed by atoms with Crippen LogP contribution in [0.5, 0.6) is 0 Å². The predicted octanol–water partition coefficient (Wildman–Crippen LogP) is 1.64. The summed E-state index contributed by atoms with van der Waals surface area (Å²) in [5, 5.41) is 8.81. The smallest absolute Gasteiger partial charge is 0.241 e. The zero-order chi connectivity index (χ0) is 10.7. The highest BCUT2D eigenvalue weighted by Crippen LogP contribution is 2.26. The van der Waals surface area contributed by atoms with Crippen molar-refractivity contribution in [2.75, 3.05) is 0 Å². The van der Waals surface area contributed by atoms with Gasteiger partial charge in [0.1, 0.15) is 0 Å². The van der Waals surface area contributed by atoms with Gasteiger partial charge >= 0.3 is 0 Å². The van der Waals surface area contributed by atoms with Gasteiger partial charge in [-0.2, -0.15) is 5.10 Å². The van der Waals surface area contributed by atoms with Crippen LogP contribution in [0.15, 0.2) is 29.8 Å². The SMILES string of the molecule is NC(=O)/C=C\c1cn[nH]c1-c1cccs1. The van der Waals surface area contributed by atoms with Crippen LogP contribution in [0, 0.1) is 0 Å². The number of nitrogens with two attached hydrogens (primary N) is 1. The minimum Gasteiger partial charge on any atom is -0.366 e. The molecule has 2 heterocycles. The van der Waals surface area contributed by atoms with Crippen LogP contribution in [0.25, 0.3) is 16.6 Å². The van der Waals surface area contributed by atoms with Gasteiger partial charge in [0.2, 0.25) is 5.91 Å². The molecular weight excluding hydrogens is 210 g/mol. The number of carbonyl (C=O) groups is 1. The fourth-order valence-electron chi connectivity index (χ4n) is 1.21. The summed E-state index contributed by atoms with van der Waals surface area (Å²) in [5.41, 5.74) is 6.79. The van der Waals surface area contributed by atoms with Crippen molar-refractivity contribution in [1.29, 1.82) is 0 Å². The van der Waals surface area contributed by atoms with Gasteiger partial charge in [-0.15, -0.1) is 11.3 Å². The Kier molecular flexibility index (Phi) is 2.64. The summed E-state index contributed by atoms with van der Waals surface area (Å²) in [6.45, 7) is 0. The summed E-state index contributed by atoms with van der Waals surface area (Å²) in [5.74, 6) is -0.465. The molecular formula is C10H9N3OS. The third-order valence-electron chi connectivity index (χ3n) is 1.86. The first-order valence-electron chi connectivity index (χ1n) is 4.32. The van der Waals surface area contributed by atoms with Crippen LogP contribution in [-0.4, -0.2) is 16.1 Å². The number of nitrogens with one attached hydrogen (secondary N) is 1. The molecule has 1 amide bonds. The first-order valence-corrected chi connectivity index (χ1v) is 5.20. The zero-order valence-corrected chi connectivity index (χ0v) is 8.62. The van der Waals surface area contributed by atoms with Crippen molar-refractivity contribution in [3.63, 3.8) is 0 Å². The molecule has 0 radical (unpaired) electrons. The number of thiophene rings is 1. The Hall–Kier alpha value is -1.88. The summed E-state index contributed by atoms with van der Waals surface area (Å²) in [6.07, 6.45) is 4.64. The second-order valence-corrected chi connectivity index (χ2v) is 3.86. The molecule has 3 N–H and O–H groups in total. The standard InChI is InChI=1S/C10H9N3OS/c11-9(14)4-3-7-6-12-13-10(7)8-2-1-5-15-8/h1-6H,(H2,11,14)(H,12,13)/b4-3-. The second-order valence-electron chi connectivity index (χ2n) is 2.91. The fraction of sp³-hybridized carbons (Fsp3) is 0. The molecule has 4 nitrogen and oxygen atoms in total. The molecule has 0 atom stereocenters. The van der Waals surface area contributed by atoms with Crippen molar-refractivity contribution < 1.29 is 4.79 Å². The molecule has 76 valence electrons. The van der Waals surface area contributed by atoms with Crippen LogP contribution in [0.1, 0.15) is 5.56 Å². The molecule has 0 aromatic carbocycles. The van der Waals surface area contributed by atoms with Crippen molar-refractivity contribution in [2.24, 2.45) is 5.73 Å². The molecule has 15 heavy (non-hydrogen) atoms. The summed E-state index contributed by atoms with van der Waals surface area (Å²) in [6, 6.07) is 3.95. The third-order valence-corrected chi connectivity index (χ3v) is 2.75. The lowest BCUT2D eigenvalue weighted by Gasteiger charge is -1.93. The van der Waals surface area contributed by atoms with Crippen molar-refractivity contribution in [2.45, 2.75) is 0 Å². The van der Waals surface area contributed by atoms with E-state index in [4.69, 9.17) is 5.73 Å². The van der Waals surface area contributed by atoms with Crippen LogP contribution in [-0.2, 0) is 4.79 Å². The Labute approximate surface area is 90.4 Å². The third kappa shape index (κ3) is 2.13. The Morgan fingerprint density at radius 3 is 3.13 bits per heavy atom. The zero-order valence-electron chi connectivity index (χ0n) is 7.81. The maximum Gasteiger partial charge on any atom is 0.241 e. The number of carbonyl (C=O) groups excluding carboxylic acids is 1. The summed E-state index contributed by atoms with van der Waals surface area (Å²) < 4.78 is 0. The van der Waals surface area contributed by atoms with E-state index < -0.39 is 5.91 Å². The topological polar surface area (TPSA) is 71.8 Å². The van der Waals surface area contributed by atoms with Gasteiger partial charge in [0, 0.05) is 11.6 Å². The van der Waals surface area contributed by atoms with Crippen molar-refractivity contribution in [1.82, 2.24) is 10.2 Å². The molecule has 5 heteroatoms. The van der Waals surface area contributed by atoms with Crippen molar-refractivity contribution >= 4 is 23.3 Å². The van der Waals surface area contributed by atoms with E-state index in [0.29, 0.717) is 0 Å². The normalized spacial score (nSPS) is 10.9. The van der Waals surface area contributed by atoms with Crippen molar-refractivity contribution in [3.05, 3.63) is 35.3 Å². The highest BCUT2D eigenvalue weighted by atomic mass is 32.1. The lowest BCUT2D eigenvalue weighted by Crippen LogP contribution is -2.05. The summed E-state index contributed by atoms with van der Waals surface area (Å²) in [4.78, 5) is 11.7. The van der Waals surface area contributed by atoms with Crippen LogP contribution in [0.2, 0.25) is 0 Å². The van der Waals surface area contributed by atoms with E-state index in [-0.39, 0.29) is 0 Å². The van der Waals surface area contributed by atoms with Gasteiger partial charge in [-0.3, -0.25) is 9.89 Å². The summed E-state index contributed by atoms with van der Waals surface area (Å²) in [7, 11) is 0. The average Bonchev–Trinajstić information content (AvgIpc) is 2.85. The van der Waals surface area contributed by atoms with Crippen LogP contribution in [0.4, 0.5) is 0 Å². The van der Waals surface area contributed by atoms with E-state index in [1.165, 1.54) is 6.08 Å². The van der Waals surface area contributed by atoms with Gasteiger partial charge < -0.3 is 5.73 Å². The van der Waals surface area contributed by atoms with Gasteiger partial charge in [0.05, 0.1) is 16.8 Å². The van der Waals surface area contributed by atoms with Crippen LogP contribution in [0.3, 0.4) is 0 Å². The lowest BCUT2D eigenvalue weighted by molar-refractivity contribution is -0.113. The highest BCUT2D eigenvalue weighted by molar-refractivity contribution is 7.13. The van der Waals surface area contributed by atoms with E-state index in [0.717, 1.165) is 16.1 Å². The number of hydrogen-bond acceptors (Lipinski definition) is 3. The minimum absolute atomic E-state index is 0.465. The van der Waals surface area contributed by atoms with Gasteiger partial charge in [-0.05, 0) is 17.5 Å². The van der Waals surface area contributed by atoms with E-state index >= 15 is 0 Å². The summed E-state index contributed by atoms with van der Waals surface area (Å²) >= 11 is 1.61. The van der Waals surface area contributed by atoms with E-state index in [1.807, 2.05) is 17.5 Å². The Balaban J connectivity index is 2.34. The molecule has 0 bridgehead atoms. The molecule has 2 aromatic heterocycles. The number of hydrogen-bond donors (Lipinski definition) is 2. The number of H-pyrrole nitrogens is 1. The van der Waals surface area contributed by atoms with E-state index in [1.54, 1.807) is 23.6 Å².